The molecule has 4 amide bonds. The summed E-state index contributed by atoms with van der Waals surface area (Å²) in [6, 6.07) is -2.05. The second-order valence-electron chi connectivity index (χ2n) is 29.6. The zero-order valence-electron chi connectivity index (χ0n) is 70.6. The Morgan fingerprint density at radius 2 is 0.721 bits per heavy atom. The summed E-state index contributed by atoms with van der Waals surface area (Å²) in [5.41, 5.74) is 0. The molecule has 0 aromatic carbocycles. The summed E-state index contributed by atoms with van der Waals surface area (Å²) in [5.74, 6) is -5.06. The number of esters is 2. The van der Waals surface area contributed by atoms with Crippen LogP contribution in [0.5, 0.6) is 0 Å². The van der Waals surface area contributed by atoms with E-state index in [0.717, 1.165) is 167 Å². The van der Waals surface area contributed by atoms with Gasteiger partial charge in [-0.15, -0.1) is 0 Å². The molecular weight excluding hydrogens is 1490 g/mol. The molecule has 1 rings (SSSR count). The molecule has 638 valence electrons. The van der Waals surface area contributed by atoms with E-state index in [2.05, 4.69) is 87.1 Å². The SMILES string of the molecule is CCCCCC/C=C\CCCC(=O)O[C@H](CCCCCCC)CC(=O)NC(COCC[C@H](O)CCCCCCC)COP(=O)([O-])OCCNC(=O)[C@H]1OC(C)(C)O[C@@H]1C(=O)NCCOP(=O)([O-])OCC(COCC[C@H](O)CCCCCCC)NC(=O)C[C@@H](CCCCCCC)OC(=O)CCC/C=C\CCCCCC.[Na+].[Na+]. The minimum Gasteiger partial charge on any atom is -0.756 e. The van der Waals surface area contributed by atoms with E-state index >= 15 is 0 Å². The minimum absolute atomic E-state index is 0. The van der Waals surface area contributed by atoms with Crippen LogP contribution in [0.1, 0.15) is 338 Å². The van der Waals surface area contributed by atoms with Gasteiger partial charge in [0.05, 0.1) is 76.8 Å². The number of carbonyl (C=O) groups excluding carboxylic acids is 6. The molecule has 10 atom stereocenters. The van der Waals surface area contributed by atoms with Gasteiger partial charge in [0.2, 0.25) is 11.8 Å². The Balaban J connectivity index is 0. The molecule has 0 aromatic rings. The van der Waals surface area contributed by atoms with Gasteiger partial charge in [-0.1, -0.05) is 220 Å². The molecule has 0 bridgehead atoms. The zero-order valence-corrected chi connectivity index (χ0v) is 76.4. The molecule has 1 aliphatic rings. The summed E-state index contributed by atoms with van der Waals surface area (Å²) in [6.07, 6.45) is 39.4. The standard InChI is InChI=1S/C81H152N4O22P2.2Na/c1-9-15-21-27-29-31-33-39-45-51-75(90)104-71(49-43-37-25-19-13-5)61-73(88)84-67(63-98-57-53-69(86)47-41-35-23-17-11-3)65-102-108(94,95)100-59-55-82-79(92)77-78(107-81(7,8)106-77)80(93)83-56-60-101-109(96,97)103-66-68(64-99-58-54-70(87)48-42-36-24-18-12-4)85-74(89)62-72(50-44-38-26-20-14-6)105-76(91)52-46-40-34-32-30-28-22-16-10-2;;/h31-34,67-72,77-78,86-87H,9-30,35-66H2,1-8H3,(H,82,92)(H,83,93)(H,84,88)(H,85,89)(H,94,95)(H,96,97);;/q;2*+1/p-2/b33-31-,34-32-;;/t67?,68?,69-,70-,71-,72-,77+,78+;;/m1../s1. The van der Waals surface area contributed by atoms with E-state index < -0.39 is 145 Å². The third kappa shape index (κ3) is 65.9. The van der Waals surface area contributed by atoms with Crippen LogP contribution in [0.3, 0.4) is 0 Å². The summed E-state index contributed by atoms with van der Waals surface area (Å²) in [6.45, 7) is 12.3. The molecule has 0 spiro atoms. The van der Waals surface area contributed by atoms with Crippen molar-refractivity contribution in [3.8, 4) is 0 Å². The van der Waals surface area contributed by atoms with Gasteiger partial charge in [-0.3, -0.25) is 37.9 Å². The fraction of sp³-hybridized carbons (Fsp3) is 0.877. The molecule has 6 N–H and O–H groups in total. The fourth-order valence-corrected chi connectivity index (χ4v) is 13.8. The molecule has 1 heterocycles. The molecule has 1 fully saturated rings. The van der Waals surface area contributed by atoms with Crippen molar-refractivity contribution in [2.75, 3.05) is 65.9 Å². The number of carbonyl (C=O) groups is 6. The Hall–Kier alpha value is -1.72. The first kappa shape index (κ1) is 111. The number of allylic oxidation sites excluding steroid dienone is 4. The van der Waals surface area contributed by atoms with Crippen molar-refractivity contribution in [3.63, 3.8) is 0 Å². The van der Waals surface area contributed by atoms with Crippen LogP contribution in [0.4, 0.5) is 0 Å². The number of unbranched alkanes of at least 4 members (excludes halogenated alkanes) is 26. The van der Waals surface area contributed by atoms with Crippen LogP contribution in [-0.4, -0.2) is 166 Å². The Labute approximate surface area is 713 Å². The number of ether oxygens (including phenoxy) is 6. The van der Waals surface area contributed by atoms with E-state index in [9.17, 15) is 57.9 Å². The number of hydrogen-bond donors (Lipinski definition) is 6. The molecule has 0 radical (unpaired) electrons. The Bertz CT molecular complexity index is 2330. The van der Waals surface area contributed by atoms with E-state index in [1.165, 1.54) is 52.4 Å². The van der Waals surface area contributed by atoms with Crippen LogP contribution in [0.2, 0.25) is 0 Å². The maximum Gasteiger partial charge on any atom is 1.00 e. The summed E-state index contributed by atoms with van der Waals surface area (Å²) >= 11 is 0. The monoisotopic (exact) mass is 1640 g/mol. The van der Waals surface area contributed by atoms with Crippen molar-refractivity contribution in [1.82, 2.24) is 21.3 Å². The molecule has 1 saturated heterocycles. The summed E-state index contributed by atoms with van der Waals surface area (Å²) in [5, 5.41) is 31.8. The van der Waals surface area contributed by atoms with Gasteiger partial charge < -0.3 is 87.8 Å². The first-order valence-corrected chi connectivity index (χ1v) is 45.2. The van der Waals surface area contributed by atoms with Gasteiger partial charge in [-0.25, -0.2) is 0 Å². The number of rotatable bonds is 76. The predicted octanol–water partition coefficient (Wildman–Crippen LogP) is 8.69. The molecule has 0 aromatic heterocycles. The fourth-order valence-electron chi connectivity index (χ4n) is 12.3. The quantitative estimate of drug-likeness (QED) is 0.0109. The van der Waals surface area contributed by atoms with Crippen LogP contribution in [0.15, 0.2) is 24.3 Å². The molecule has 0 saturated carbocycles. The van der Waals surface area contributed by atoms with Gasteiger partial charge in [0.25, 0.3) is 27.5 Å². The number of aliphatic hydroxyl groups excluding tert-OH is 2. The topological polar surface area (TPSA) is 364 Å². The third-order valence-electron chi connectivity index (χ3n) is 18.6. The zero-order chi connectivity index (χ0) is 80.5. The third-order valence-corrected chi connectivity index (χ3v) is 20.5. The number of amides is 4. The smallest absolute Gasteiger partial charge is 0.756 e. The largest absolute Gasteiger partial charge is 1.00 e. The molecule has 4 unspecified atom stereocenters. The molecule has 1 aliphatic heterocycles. The first-order valence-electron chi connectivity index (χ1n) is 42.3. The maximum absolute atomic E-state index is 13.7. The van der Waals surface area contributed by atoms with E-state index in [1.54, 1.807) is 0 Å². The second-order valence-corrected chi connectivity index (χ2v) is 32.5. The van der Waals surface area contributed by atoms with Gasteiger partial charge in [-0.2, -0.15) is 0 Å². The van der Waals surface area contributed by atoms with Crippen LogP contribution >= 0.6 is 15.6 Å². The number of hydrogen-bond acceptors (Lipinski definition) is 22. The van der Waals surface area contributed by atoms with Crippen molar-refractivity contribution >= 4 is 51.2 Å². The van der Waals surface area contributed by atoms with E-state index in [0.29, 0.717) is 51.4 Å². The molecule has 26 nitrogen and oxygen atoms in total. The maximum atomic E-state index is 13.7. The normalized spacial score (nSPS) is 16.8. The van der Waals surface area contributed by atoms with E-state index in [-0.39, 0.29) is 111 Å². The molecule has 30 heteroatoms. The average Bonchev–Trinajstić information content (AvgIpc) is 1.66. The molecular formula is C81H150N4Na2O22P2. The van der Waals surface area contributed by atoms with E-state index in [4.69, 9.17) is 46.5 Å². The van der Waals surface area contributed by atoms with Crippen molar-refractivity contribution in [2.45, 2.75) is 392 Å². The second kappa shape index (κ2) is 73.4. The van der Waals surface area contributed by atoms with Crippen LogP contribution in [0, 0.1) is 0 Å². The van der Waals surface area contributed by atoms with Crippen molar-refractivity contribution in [1.29, 1.82) is 0 Å². The molecule has 111 heavy (non-hydrogen) atoms. The number of aliphatic hydroxyl groups is 2. The van der Waals surface area contributed by atoms with Crippen molar-refractivity contribution in [2.24, 2.45) is 0 Å². The summed E-state index contributed by atoms with van der Waals surface area (Å²) in [7, 11) is -10.3. The van der Waals surface area contributed by atoms with Crippen LogP contribution in [0.25, 0.3) is 0 Å². The van der Waals surface area contributed by atoms with Crippen LogP contribution in [-0.2, 0) is 84.4 Å². The van der Waals surface area contributed by atoms with Gasteiger partial charge in [0, 0.05) is 39.1 Å². The first-order chi connectivity index (χ1) is 52.4. The summed E-state index contributed by atoms with van der Waals surface area (Å²) < 4.78 is 82.1. The Morgan fingerprint density at radius 3 is 1.05 bits per heavy atom. The van der Waals surface area contributed by atoms with Gasteiger partial charge in [0.1, 0.15) is 12.2 Å². The minimum atomic E-state index is -5.13. The van der Waals surface area contributed by atoms with Gasteiger partial charge >= 0.3 is 71.1 Å². The van der Waals surface area contributed by atoms with Crippen molar-refractivity contribution < 1.29 is 164 Å². The summed E-state index contributed by atoms with van der Waals surface area (Å²) in [4.78, 5) is 107. The van der Waals surface area contributed by atoms with Crippen molar-refractivity contribution in [3.05, 3.63) is 24.3 Å². The molecule has 0 aliphatic carbocycles. The van der Waals surface area contributed by atoms with Gasteiger partial charge in [0.15, 0.2) is 18.0 Å². The predicted molar refractivity (Wildman–Crippen MR) is 422 cm³/mol. The number of phosphoric acid groups is 2. The number of phosphoric ester groups is 2. The van der Waals surface area contributed by atoms with E-state index in [1.807, 2.05) is 0 Å². The Morgan fingerprint density at radius 1 is 0.414 bits per heavy atom. The Kier molecular flexibility index (Phi) is 73.6. The van der Waals surface area contributed by atoms with Crippen LogP contribution < -0.4 is 90.2 Å². The average molecular weight is 1640 g/mol. The van der Waals surface area contributed by atoms with Gasteiger partial charge in [-0.05, 0) is 117 Å². The number of nitrogens with one attached hydrogen (secondary N) is 4.